The first-order valence-electron chi connectivity index (χ1n) is 12.8. The van der Waals surface area contributed by atoms with Gasteiger partial charge in [-0.2, -0.15) is 0 Å². The van der Waals surface area contributed by atoms with Gasteiger partial charge in [-0.25, -0.2) is 4.57 Å². The third-order valence-electron chi connectivity index (χ3n) is 4.56. The van der Waals surface area contributed by atoms with E-state index in [2.05, 4.69) is 69.2 Å². The summed E-state index contributed by atoms with van der Waals surface area (Å²) in [6.07, 6.45) is -0.306. The van der Waals surface area contributed by atoms with Crippen LogP contribution in [0.4, 0.5) is 0 Å². The Bertz CT molecular complexity index is 574. The molecule has 0 aliphatic rings. The van der Waals surface area contributed by atoms with Crippen LogP contribution in [0.25, 0.3) is 0 Å². The molecule has 0 heterocycles. The highest BCUT2D eigenvalue weighted by atomic mass is 31.2. The van der Waals surface area contributed by atoms with Gasteiger partial charge in [0, 0.05) is 5.41 Å². The lowest BCUT2D eigenvalue weighted by molar-refractivity contribution is -0.141. The molecule has 0 aromatic carbocycles. The summed E-state index contributed by atoms with van der Waals surface area (Å²) in [6, 6.07) is 0. The van der Waals surface area contributed by atoms with Gasteiger partial charge >= 0.3 is 7.82 Å². The van der Waals surface area contributed by atoms with E-state index < -0.39 is 7.82 Å². The van der Waals surface area contributed by atoms with Crippen LogP contribution in [0, 0.1) is 16.7 Å². The zero-order chi connectivity index (χ0) is 28.5. The lowest BCUT2D eigenvalue weighted by Gasteiger charge is -2.36. The first-order chi connectivity index (χ1) is 15.2. The summed E-state index contributed by atoms with van der Waals surface area (Å²) < 4.78 is 39.3. The van der Waals surface area contributed by atoms with E-state index in [0.717, 1.165) is 0 Å². The predicted molar refractivity (Wildman–Crippen MR) is 146 cm³/mol. The van der Waals surface area contributed by atoms with Crippen molar-refractivity contribution in [2.75, 3.05) is 26.4 Å². The van der Waals surface area contributed by atoms with E-state index in [-0.39, 0.29) is 46.3 Å². The van der Waals surface area contributed by atoms with Gasteiger partial charge in [0.2, 0.25) is 0 Å². The van der Waals surface area contributed by atoms with Crippen molar-refractivity contribution in [2.45, 2.75) is 134 Å². The van der Waals surface area contributed by atoms with E-state index in [9.17, 15) is 9.46 Å². The third kappa shape index (κ3) is 21.8. The van der Waals surface area contributed by atoms with Gasteiger partial charge in [-0.1, -0.05) is 41.5 Å². The van der Waals surface area contributed by atoms with Crippen molar-refractivity contribution >= 4 is 7.82 Å². The third-order valence-corrected chi connectivity index (χ3v) is 5.64. The number of phosphoric ester groups is 1. The van der Waals surface area contributed by atoms with E-state index in [0.29, 0.717) is 19.8 Å². The number of hydrogen-bond acceptors (Lipinski definition) is 6. The minimum absolute atomic E-state index is 0.145. The molecule has 0 radical (unpaired) electrons. The molecule has 7 nitrogen and oxygen atoms in total. The smallest absolute Gasteiger partial charge is 0.375 e. The Morgan fingerprint density at radius 3 is 1.20 bits per heavy atom. The van der Waals surface area contributed by atoms with Crippen LogP contribution in [-0.2, 0) is 27.8 Å². The van der Waals surface area contributed by atoms with Gasteiger partial charge in [-0.3, -0.25) is 9.05 Å². The minimum atomic E-state index is -3.90. The van der Waals surface area contributed by atoms with Gasteiger partial charge in [0.1, 0.15) is 0 Å². The van der Waals surface area contributed by atoms with Gasteiger partial charge in [0.25, 0.3) is 0 Å². The standard InChI is InChI=1S/C17H36O3.C10H23O4P/c1-14(2,3)18-11-17(10,12-19-15(4,5)6)13-20-16(7,8)9;1-7-13-15(11,12)14-9(8(2)3)10(4,5)6/h11-13H2,1-10H3;8-9H,7H2,1-6H3,(H,11,12). The van der Waals surface area contributed by atoms with Crippen molar-refractivity contribution in [1.82, 2.24) is 0 Å². The molecule has 1 N–H and O–H groups in total. The molecule has 0 aliphatic heterocycles. The zero-order valence-corrected chi connectivity index (χ0v) is 26.7. The second kappa shape index (κ2) is 14.2. The Morgan fingerprint density at radius 2 is 1.00 bits per heavy atom. The summed E-state index contributed by atoms with van der Waals surface area (Å²) in [5.41, 5.74) is -0.780. The maximum atomic E-state index is 11.5. The molecule has 0 bridgehead atoms. The summed E-state index contributed by atoms with van der Waals surface area (Å²) in [4.78, 5) is 9.41. The summed E-state index contributed by atoms with van der Waals surface area (Å²) >= 11 is 0. The lowest BCUT2D eigenvalue weighted by atomic mass is 9.83. The maximum Gasteiger partial charge on any atom is 0.472 e. The van der Waals surface area contributed by atoms with Crippen LogP contribution in [0.5, 0.6) is 0 Å². The first-order valence-corrected chi connectivity index (χ1v) is 14.3. The molecular weight excluding hydrogens is 467 g/mol. The molecule has 0 saturated carbocycles. The van der Waals surface area contributed by atoms with E-state index in [1.807, 2.05) is 34.6 Å². The van der Waals surface area contributed by atoms with E-state index in [1.165, 1.54) is 0 Å². The van der Waals surface area contributed by atoms with Crippen molar-refractivity contribution in [3.8, 4) is 0 Å². The molecule has 2 unspecified atom stereocenters. The molecule has 0 aliphatic carbocycles. The largest absolute Gasteiger partial charge is 0.472 e. The molecule has 0 aromatic heterocycles. The monoisotopic (exact) mass is 526 g/mol. The number of phosphoric acid groups is 1. The average Bonchev–Trinajstić information content (AvgIpc) is 2.59. The summed E-state index contributed by atoms with van der Waals surface area (Å²) in [7, 11) is -3.90. The van der Waals surface area contributed by atoms with Crippen molar-refractivity contribution < 1.29 is 32.7 Å². The maximum absolute atomic E-state index is 11.5. The zero-order valence-electron chi connectivity index (χ0n) is 25.8. The summed E-state index contributed by atoms with van der Waals surface area (Å²) in [6.45, 7) is 34.4. The molecular formula is C27H59O7P. The molecule has 0 aromatic rings. The number of ether oxygens (including phenoxy) is 3. The summed E-state index contributed by atoms with van der Waals surface area (Å²) in [5.74, 6) is 0.158. The molecule has 35 heavy (non-hydrogen) atoms. The van der Waals surface area contributed by atoms with Gasteiger partial charge in [0.15, 0.2) is 0 Å². The Kier molecular flexibility index (Phi) is 15.1. The molecule has 2 atom stereocenters. The highest BCUT2D eigenvalue weighted by molar-refractivity contribution is 7.47. The van der Waals surface area contributed by atoms with Gasteiger partial charge in [-0.15, -0.1) is 0 Å². The molecule has 214 valence electrons. The van der Waals surface area contributed by atoms with Crippen molar-refractivity contribution in [3.05, 3.63) is 0 Å². The Balaban J connectivity index is 0. The quantitative estimate of drug-likeness (QED) is 0.277. The molecule has 0 spiro atoms. The molecule has 0 amide bonds. The summed E-state index contributed by atoms with van der Waals surface area (Å²) in [5, 5.41) is 0. The first kappa shape index (κ1) is 37.1. The van der Waals surface area contributed by atoms with Crippen LogP contribution in [0.2, 0.25) is 0 Å². The molecule has 8 heteroatoms. The predicted octanol–water partition coefficient (Wildman–Crippen LogP) is 7.65. The van der Waals surface area contributed by atoms with Gasteiger partial charge < -0.3 is 19.1 Å². The van der Waals surface area contributed by atoms with Crippen LogP contribution in [0.15, 0.2) is 0 Å². The van der Waals surface area contributed by atoms with Crippen LogP contribution in [-0.4, -0.2) is 54.2 Å². The Labute approximate surface area is 217 Å². The number of rotatable bonds is 11. The van der Waals surface area contributed by atoms with Crippen LogP contribution in [0.1, 0.15) is 111 Å². The van der Waals surface area contributed by atoms with Crippen molar-refractivity contribution in [2.24, 2.45) is 16.7 Å². The topological polar surface area (TPSA) is 83.5 Å². The second-order valence-electron chi connectivity index (χ2n) is 14.0. The Morgan fingerprint density at radius 1 is 0.686 bits per heavy atom. The van der Waals surface area contributed by atoms with E-state index >= 15 is 0 Å². The van der Waals surface area contributed by atoms with Crippen LogP contribution in [0.3, 0.4) is 0 Å². The van der Waals surface area contributed by atoms with Gasteiger partial charge in [0.05, 0.1) is 49.3 Å². The highest BCUT2D eigenvalue weighted by Gasteiger charge is 2.36. The lowest BCUT2D eigenvalue weighted by Crippen LogP contribution is -2.41. The average molecular weight is 527 g/mol. The second-order valence-corrected chi connectivity index (χ2v) is 15.4. The molecule has 0 fully saturated rings. The minimum Gasteiger partial charge on any atom is -0.375 e. The fourth-order valence-electron chi connectivity index (χ4n) is 2.91. The Hall–Kier alpha value is -0.0100. The van der Waals surface area contributed by atoms with Crippen molar-refractivity contribution in [3.63, 3.8) is 0 Å². The van der Waals surface area contributed by atoms with Crippen LogP contribution < -0.4 is 0 Å². The van der Waals surface area contributed by atoms with Gasteiger partial charge in [-0.05, 0) is 80.6 Å². The van der Waals surface area contributed by atoms with E-state index in [1.54, 1.807) is 6.92 Å². The fraction of sp³-hybridized carbons (Fsp3) is 1.00. The van der Waals surface area contributed by atoms with Crippen LogP contribution >= 0.6 is 7.82 Å². The SMILES string of the molecule is CC(COC(C)(C)C)(COC(C)(C)C)COC(C)(C)C.CCOP(=O)(O)OC(C(C)C)C(C)(C)C. The molecule has 0 saturated heterocycles. The fourth-order valence-corrected chi connectivity index (χ4v) is 4.15. The normalized spacial score (nSPS) is 16.5. The van der Waals surface area contributed by atoms with E-state index in [4.69, 9.17) is 23.3 Å². The highest BCUT2D eigenvalue weighted by Crippen LogP contribution is 2.48. The molecule has 0 rings (SSSR count). The number of hydrogen-bond donors (Lipinski definition) is 1. The van der Waals surface area contributed by atoms with Crippen molar-refractivity contribution in [1.29, 1.82) is 0 Å².